The Balaban J connectivity index is 1.90. The molecule has 1 aliphatic rings. The first-order valence-electron chi connectivity index (χ1n) is 6.39. The lowest BCUT2D eigenvalue weighted by atomic mass is 9.87. The molecule has 1 aromatic rings. The largest absolute Gasteiger partial charge is 0.354 e. The van der Waals surface area contributed by atoms with E-state index in [1.165, 1.54) is 5.56 Å². The van der Waals surface area contributed by atoms with Crippen LogP contribution in [0.4, 0.5) is 0 Å². The summed E-state index contributed by atoms with van der Waals surface area (Å²) < 4.78 is 0. The highest BCUT2D eigenvalue weighted by Crippen LogP contribution is 2.37. The van der Waals surface area contributed by atoms with Gasteiger partial charge in [0, 0.05) is 6.54 Å². The van der Waals surface area contributed by atoms with Gasteiger partial charge in [0.1, 0.15) is 5.41 Å². The molecule has 0 bridgehead atoms. The van der Waals surface area contributed by atoms with Crippen molar-refractivity contribution >= 4 is 17.2 Å². The van der Waals surface area contributed by atoms with Crippen LogP contribution in [0.5, 0.6) is 0 Å². The summed E-state index contributed by atoms with van der Waals surface area (Å²) >= 11 is 1.67. The standard InChI is InChI=1S/C14H18N2OS/c1-11(12-4-7-18-9-12)8-16-13(17)14(10-15)5-2-3-6-14/h4,7,9,11H,2-3,5-6,8H2,1H3,(H,16,17)/t11-/m0/s1. The number of thiophene rings is 1. The molecule has 1 aromatic heterocycles. The molecule has 1 fully saturated rings. The zero-order valence-corrected chi connectivity index (χ0v) is 11.4. The fourth-order valence-corrected chi connectivity index (χ4v) is 3.24. The molecule has 0 aliphatic heterocycles. The molecule has 1 amide bonds. The van der Waals surface area contributed by atoms with E-state index in [0.717, 1.165) is 12.8 Å². The van der Waals surface area contributed by atoms with Gasteiger partial charge in [0.15, 0.2) is 0 Å². The number of hydrogen-bond donors (Lipinski definition) is 1. The minimum atomic E-state index is -0.756. The van der Waals surface area contributed by atoms with Gasteiger partial charge in [0.05, 0.1) is 6.07 Å². The van der Waals surface area contributed by atoms with Crippen LogP contribution in [-0.2, 0) is 4.79 Å². The summed E-state index contributed by atoms with van der Waals surface area (Å²) in [7, 11) is 0. The Morgan fingerprint density at radius 1 is 1.61 bits per heavy atom. The van der Waals surface area contributed by atoms with E-state index in [1.54, 1.807) is 11.3 Å². The Labute approximate surface area is 112 Å². The van der Waals surface area contributed by atoms with Gasteiger partial charge >= 0.3 is 0 Å². The van der Waals surface area contributed by atoms with Crippen molar-refractivity contribution in [2.75, 3.05) is 6.54 Å². The average Bonchev–Trinajstić information content (AvgIpc) is 3.06. The molecule has 4 heteroatoms. The third kappa shape index (κ3) is 2.56. The third-order valence-electron chi connectivity index (χ3n) is 3.79. The average molecular weight is 262 g/mol. The number of nitrogens with one attached hydrogen (secondary N) is 1. The summed E-state index contributed by atoms with van der Waals surface area (Å²) in [5.74, 6) is 0.224. The highest BCUT2D eigenvalue weighted by Gasteiger charge is 2.41. The van der Waals surface area contributed by atoms with Gasteiger partial charge in [-0.15, -0.1) is 0 Å². The van der Waals surface area contributed by atoms with Gasteiger partial charge in [-0.2, -0.15) is 16.6 Å². The van der Waals surface area contributed by atoms with E-state index in [-0.39, 0.29) is 5.91 Å². The molecule has 2 rings (SSSR count). The van der Waals surface area contributed by atoms with Gasteiger partial charge in [0.2, 0.25) is 5.91 Å². The second kappa shape index (κ2) is 5.53. The van der Waals surface area contributed by atoms with Crippen molar-refractivity contribution < 1.29 is 4.79 Å². The number of nitrogens with zero attached hydrogens (tertiary/aromatic N) is 1. The Kier molecular flexibility index (Phi) is 4.03. The van der Waals surface area contributed by atoms with Crippen LogP contribution in [-0.4, -0.2) is 12.5 Å². The van der Waals surface area contributed by atoms with Crippen molar-refractivity contribution in [2.45, 2.75) is 38.5 Å². The number of nitriles is 1. The van der Waals surface area contributed by atoms with E-state index >= 15 is 0 Å². The number of hydrogen-bond acceptors (Lipinski definition) is 3. The van der Waals surface area contributed by atoms with E-state index in [0.29, 0.717) is 25.3 Å². The van der Waals surface area contributed by atoms with Crippen LogP contribution in [0, 0.1) is 16.7 Å². The van der Waals surface area contributed by atoms with E-state index in [1.807, 2.05) is 5.38 Å². The van der Waals surface area contributed by atoms with Gasteiger partial charge in [-0.3, -0.25) is 4.79 Å². The normalized spacial score (nSPS) is 19.1. The fourth-order valence-electron chi connectivity index (χ4n) is 2.46. The predicted octanol–water partition coefficient (Wildman–Crippen LogP) is 3.05. The van der Waals surface area contributed by atoms with Crippen LogP contribution in [0.1, 0.15) is 44.1 Å². The Hall–Kier alpha value is -1.34. The molecule has 1 heterocycles. The summed E-state index contributed by atoms with van der Waals surface area (Å²) in [5, 5.41) is 16.3. The number of carbonyl (C=O) groups excluding carboxylic acids is 1. The van der Waals surface area contributed by atoms with E-state index < -0.39 is 5.41 Å². The van der Waals surface area contributed by atoms with Gasteiger partial charge < -0.3 is 5.32 Å². The molecule has 1 saturated carbocycles. The van der Waals surface area contributed by atoms with E-state index in [9.17, 15) is 10.1 Å². The zero-order valence-electron chi connectivity index (χ0n) is 10.6. The highest BCUT2D eigenvalue weighted by atomic mass is 32.1. The molecule has 0 saturated heterocycles. The lowest BCUT2D eigenvalue weighted by Crippen LogP contribution is -2.39. The first kappa shape index (κ1) is 13.1. The highest BCUT2D eigenvalue weighted by molar-refractivity contribution is 7.07. The second-order valence-electron chi connectivity index (χ2n) is 5.07. The Morgan fingerprint density at radius 3 is 2.89 bits per heavy atom. The van der Waals surface area contributed by atoms with Crippen molar-refractivity contribution in [1.82, 2.24) is 5.32 Å². The number of rotatable bonds is 4. The van der Waals surface area contributed by atoms with Crippen molar-refractivity contribution in [3.8, 4) is 6.07 Å². The third-order valence-corrected chi connectivity index (χ3v) is 4.49. The quantitative estimate of drug-likeness (QED) is 0.906. The Morgan fingerprint density at radius 2 is 2.33 bits per heavy atom. The molecular formula is C14H18N2OS. The van der Waals surface area contributed by atoms with Crippen LogP contribution in [0.3, 0.4) is 0 Å². The maximum Gasteiger partial charge on any atom is 0.240 e. The smallest absolute Gasteiger partial charge is 0.240 e. The zero-order chi connectivity index (χ0) is 13.0. The molecular weight excluding hydrogens is 244 g/mol. The monoisotopic (exact) mass is 262 g/mol. The molecule has 3 nitrogen and oxygen atoms in total. The Bertz CT molecular complexity index is 441. The van der Waals surface area contributed by atoms with Gasteiger partial charge in [0.25, 0.3) is 0 Å². The maximum absolute atomic E-state index is 12.1. The lowest BCUT2D eigenvalue weighted by molar-refractivity contribution is -0.128. The summed E-state index contributed by atoms with van der Waals surface area (Å²) in [5.41, 5.74) is 0.492. The second-order valence-corrected chi connectivity index (χ2v) is 5.85. The fraction of sp³-hybridized carbons (Fsp3) is 0.571. The topological polar surface area (TPSA) is 52.9 Å². The van der Waals surface area contributed by atoms with Gasteiger partial charge in [-0.25, -0.2) is 0 Å². The minimum absolute atomic E-state index is 0.0791. The summed E-state index contributed by atoms with van der Waals surface area (Å²) in [6, 6.07) is 4.31. The molecule has 18 heavy (non-hydrogen) atoms. The number of amides is 1. The van der Waals surface area contributed by atoms with E-state index in [4.69, 9.17) is 0 Å². The molecule has 0 aromatic carbocycles. The molecule has 1 atom stereocenters. The lowest BCUT2D eigenvalue weighted by Gasteiger charge is -2.20. The summed E-state index contributed by atoms with van der Waals surface area (Å²) in [6.45, 7) is 2.70. The molecule has 0 spiro atoms. The van der Waals surface area contributed by atoms with Crippen LogP contribution in [0.2, 0.25) is 0 Å². The molecule has 1 N–H and O–H groups in total. The van der Waals surface area contributed by atoms with Crippen molar-refractivity contribution in [1.29, 1.82) is 5.26 Å². The van der Waals surface area contributed by atoms with Gasteiger partial charge in [-0.1, -0.05) is 19.8 Å². The molecule has 0 radical (unpaired) electrons. The first-order chi connectivity index (χ1) is 8.68. The van der Waals surface area contributed by atoms with Crippen LogP contribution < -0.4 is 5.32 Å². The summed E-state index contributed by atoms with van der Waals surface area (Å²) in [4.78, 5) is 12.1. The SMILES string of the molecule is C[C@@H](CNC(=O)C1(C#N)CCCC1)c1ccsc1. The van der Waals surface area contributed by atoms with Crippen LogP contribution >= 0.6 is 11.3 Å². The predicted molar refractivity (Wildman–Crippen MR) is 72.3 cm³/mol. The van der Waals surface area contributed by atoms with E-state index in [2.05, 4.69) is 29.8 Å². The van der Waals surface area contributed by atoms with Crippen LogP contribution in [0.25, 0.3) is 0 Å². The van der Waals surface area contributed by atoms with Crippen LogP contribution in [0.15, 0.2) is 16.8 Å². The first-order valence-corrected chi connectivity index (χ1v) is 7.34. The van der Waals surface area contributed by atoms with Crippen molar-refractivity contribution in [3.63, 3.8) is 0 Å². The van der Waals surface area contributed by atoms with Gasteiger partial charge in [-0.05, 0) is 41.1 Å². The van der Waals surface area contributed by atoms with Crippen molar-refractivity contribution in [2.24, 2.45) is 5.41 Å². The summed E-state index contributed by atoms with van der Waals surface area (Å²) in [6.07, 6.45) is 3.40. The molecule has 1 aliphatic carbocycles. The minimum Gasteiger partial charge on any atom is -0.354 e. The molecule has 96 valence electrons. The van der Waals surface area contributed by atoms with Crippen molar-refractivity contribution in [3.05, 3.63) is 22.4 Å². The molecule has 0 unspecified atom stereocenters. The maximum atomic E-state index is 12.1. The number of carbonyl (C=O) groups is 1.